The largest absolute Gasteiger partial charge is 0.378 e. The molecule has 3 nitrogen and oxygen atoms in total. The molecule has 0 bridgehead atoms. The molecule has 0 unspecified atom stereocenters. The van der Waals surface area contributed by atoms with Crippen LogP contribution < -0.4 is 0 Å². The van der Waals surface area contributed by atoms with E-state index in [0.717, 1.165) is 21.3 Å². The first-order chi connectivity index (χ1) is 9.33. The van der Waals surface area contributed by atoms with Gasteiger partial charge in [-0.25, -0.2) is 4.98 Å². The molecule has 0 atom stereocenters. The molecule has 1 heterocycles. The second-order valence-corrected chi connectivity index (χ2v) is 6.06. The van der Waals surface area contributed by atoms with Gasteiger partial charge in [0.25, 0.3) is 0 Å². The first kappa shape index (κ1) is 14.1. The average Bonchev–Trinajstić information content (AvgIpc) is 2.81. The highest BCUT2D eigenvalue weighted by Crippen LogP contribution is 2.27. The number of nitriles is 1. The Bertz CT molecular complexity index is 561. The topological polar surface area (TPSA) is 45.9 Å². The van der Waals surface area contributed by atoms with Crippen LogP contribution in [0.25, 0.3) is 0 Å². The van der Waals surface area contributed by atoms with Crippen LogP contribution in [0.1, 0.15) is 15.6 Å². The zero-order chi connectivity index (χ0) is 13.5. The van der Waals surface area contributed by atoms with Gasteiger partial charge >= 0.3 is 0 Å². The van der Waals surface area contributed by atoms with Crippen LogP contribution >= 0.6 is 23.1 Å². The van der Waals surface area contributed by atoms with Gasteiger partial charge in [0, 0.05) is 16.9 Å². The third kappa shape index (κ3) is 4.06. The molecule has 0 aliphatic heterocycles. The molecule has 0 spiro atoms. The van der Waals surface area contributed by atoms with Gasteiger partial charge < -0.3 is 4.74 Å². The molecule has 0 N–H and O–H groups in total. The quantitative estimate of drug-likeness (QED) is 0.762. The smallest absolute Gasteiger partial charge is 0.103 e. The number of hydrogen-bond acceptors (Lipinski definition) is 5. The molecule has 0 aliphatic rings. The van der Waals surface area contributed by atoms with Crippen molar-refractivity contribution in [1.82, 2.24) is 4.98 Å². The summed E-state index contributed by atoms with van der Waals surface area (Å²) in [5.74, 6) is 0.830. The lowest BCUT2D eigenvalue weighted by molar-refractivity contribution is 0.181. The Morgan fingerprint density at radius 1 is 1.37 bits per heavy atom. The Labute approximate surface area is 121 Å². The molecule has 0 saturated carbocycles. The van der Waals surface area contributed by atoms with E-state index in [1.54, 1.807) is 30.2 Å². The van der Waals surface area contributed by atoms with E-state index in [1.807, 2.05) is 18.2 Å². The summed E-state index contributed by atoms with van der Waals surface area (Å²) in [5, 5.41) is 9.86. The van der Waals surface area contributed by atoms with Crippen molar-refractivity contribution < 1.29 is 4.74 Å². The Morgan fingerprint density at radius 3 is 2.84 bits per heavy atom. The van der Waals surface area contributed by atoms with Crippen LogP contribution in [0.4, 0.5) is 0 Å². The maximum atomic E-state index is 8.81. The molecule has 0 fully saturated rings. The van der Waals surface area contributed by atoms with E-state index in [1.165, 1.54) is 4.90 Å². The Hall–Kier alpha value is -1.35. The van der Waals surface area contributed by atoms with E-state index < -0.39 is 0 Å². The van der Waals surface area contributed by atoms with Crippen LogP contribution in [-0.2, 0) is 23.5 Å². The number of benzene rings is 1. The number of methoxy groups -OCH3 is 1. The molecule has 0 amide bonds. The van der Waals surface area contributed by atoms with Gasteiger partial charge in [-0.05, 0) is 12.1 Å². The number of rotatable bonds is 6. The number of hydrogen-bond donors (Lipinski definition) is 0. The molecule has 1 aromatic heterocycles. The van der Waals surface area contributed by atoms with Crippen molar-refractivity contribution in [3.8, 4) is 6.07 Å². The van der Waals surface area contributed by atoms with Crippen molar-refractivity contribution in [2.24, 2.45) is 0 Å². The van der Waals surface area contributed by atoms with Crippen molar-refractivity contribution in [3.63, 3.8) is 0 Å². The number of thioether (sulfide) groups is 1. The molecule has 0 saturated heterocycles. The van der Waals surface area contributed by atoms with Gasteiger partial charge in [0.1, 0.15) is 5.01 Å². The van der Waals surface area contributed by atoms with Crippen molar-refractivity contribution in [2.45, 2.75) is 23.7 Å². The van der Waals surface area contributed by atoms with Gasteiger partial charge in [-0.15, -0.1) is 23.1 Å². The molecule has 98 valence electrons. The van der Waals surface area contributed by atoms with E-state index in [9.17, 15) is 0 Å². The summed E-state index contributed by atoms with van der Waals surface area (Å²) >= 11 is 3.36. The highest BCUT2D eigenvalue weighted by atomic mass is 32.2. The highest BCUT2D eigenvalue weighted by molar-refractivity contribution is 7.98. The van der Waals surface area contributed by atoms with Crippen LogP contribution in [0, 0.1) is 11.3 Å². The number of aromatic nitrogens is 1. The minimum atomic E-state index is 0.409. The molecule has 5 heteroatoms. The maximum absolute atomic E-state index is 8.81. The average molecular weight is 290 g/mol. The van der Waals surface area contributed by atoms with E-state index in [-0.39, 0.29) is 0 Å². The Balaban J connectivity index is 2.04. The normalized spacial score (nSPS) is 10.3. The molecule has 2 rings (SSSR count). The zero-order valence-electron chi connectivity index (χ0n) is 10.6. The summed E-state index contributed by atoms with van der Waals surface area (Å²) in [6.45, 7) is 0.476. The van der Waals surface area contributed by atoms with Crippen LogP contribution in [0.15, 0.2) is 35.2 Å². The van der Waals surface area contributed by atoms with Crippen molar-refractivity contribution in [1.29, 1.82) is 5.26 Å². The van der Waals surface area contributed by atoms with E-state index in [4.69, 9.17) is 10.00 Å². The number of nitrogens with zero attached hydrogens (tertiary/aromatic N) is 2. The molecule has 0 radical (unpaired) electrons. The first-order valence-electron chi connectivity index (χ1n) is 5.84. The van der Waals surface area contributed by atoms with Crippen molar-refractivity contribution >= 4 is 23.1 Å². The predicted octanol–water partition coefficient (Wildman–Crippen LogP) is 3.65. The van der Waals surface area contributed by atoms with Crippen molar-refractivity contribution in [2.75, 3.05) is 7.11 Å². The Morgan fingerprint density at radius 2 is 2.16 bits per heavy atom. The number of ether oxygens (including phenoxy) is 1. The summed E-state index contributed by atoms with van der Waals surface area (Å²) < 4.78 is 5.12. The lowest BCUT2D eigenvalue weighted by Crippen LogP contribution is -1.92. The molecule has 0 aliphatic carbocycles. The second kappa shape index (κ2) is 7.29. The van der Waals surface area contributed by atoms with Crippen LogP contribution in [0.3, 0.4) is 0 Å². The van der Waals surface area contributed by atoms with E-state index in [0.29, 0.717) is 13.0 Å². The lowest BCUT2D eigenvalue weighted by Gasteiger charge is -1.97. The summed E-state index contributed by atoms with van der Waals surface area (Å²) in [6, 6.07) is 12.4. The minimum absolute atomic E-state index is 0.409. The number of thiazole rings is 1. The monoisotopic (exact) mass is 290 g/mol. The fraction of sp³-hybridized carbons (Fsp3) is 0.286. The zero-order valence-corrected chi connectivity index (χ0v) is 12.3. The summed E-state index contributed by atoms with van der Waals surface area (Å²) in [4.78, 5) is 6.81. The fourth-order valence-electron chi connectivity index (χ4n) is 1.62. The fourth-order valence-corrected chi connectivity index (χ4v) is 3.54. The van der Waals surface area contributed by atoms with Gasteiger partial charge in [-0.1, -0.05) is 18.2 Å². The van der Waals surface area contributed by atoms with Crippen LogP contribution in [0.5, 0.6) is 0 Å². The minimum Gasteiger partial charge on any atom is -0.378 e. The van der Waals surface area contributed by atoms with Crippen LogP contribution in [0.2, 0.25) is 0 Å². The summed E-state index contributed by atoms with van der Waals surface area (Å²) in [6.07, 6.45) is 0.409. The summed E-state index contributed by atoms with van der Waals surface area (Å²) in [5.41, 5.74) is 0.901. The van der Waals surface area contributed by atoms with E-state index >= 15 is 0 Å². The third-order valence-electron chi connectivity index (χ3n) is 2.45. The third-order valence-corrected chi connectivity index (χ3v) is 4.75. The molecular formula is C14H14N2OS2. The van der Waals surface area contributed by atoms with Gasteiger partial charge in [-0.3, -0.25) is 0 Å². The maximum Gasteiger partial charge on any atom is 0.103 e. The van der Waals surface area contributed by atoms with Gasteiger partial charge in [-0.2, -0.15) is 5.26 Å². The second-order valence-electron chi connectivity index (χ2n) is 3.85. The van der Waals surface area contributed by atoms with Gasteiger partial charge in [0.15, 0.2) is 0 Å². The summed E-state index contributed by atoms with van der Waals surface area (Å²) in [7, 11) is 1.65. The van der Waals surface area contributed by atoms with Gasteiger partial charge in [0.2, 0.25) is 0 Å². The molecular weight excluding hydrogens is 276 g/mol. The standard InChI is InChI=1S/C14H14N2OS2/c1-17-9-12-13(7-8-15)19-14(16-12)10-18-11-5-3-2-4-6-11/h2-6H,7,9-10H2,1H3. The van der Waals surface area contributed by atoms with Crippen LogP contribution in [-0.4, -0.2) is 12.1 Å². The Kier molecular flexibility index (Phi) is 5.40. The molecule has 1 aromatic carbocycles. The first-order valence-corrected chi connectivity index (χ1v) is 7.65. The molecule has 19 heavy (non-hydrogen) atoms. The van der Waals surface area contributed by atoms with Gasteiger partial charge in [0.05, 0.1) is 30.5 Å². The molecule has 2 aromatic rings. The predicted molar refractivity (Wildman–Crippen MR) is 78.1 cm³/mol. The van der Waals surface area contributed by atoms with E-state index in [2.05, 4.69) is 23.2 Å². The van der Waals surface area contributed by atoms with Crippen molar-refractivity contribution in [3.05, 3.63) is 45.9 Å². The SMILES string of the molecule is COCc1nc(CSc2ccccc2)sc1CC#N. The lowest BCUT2D eigenvalue weighted by atomic mass is 10.3. The highest BCUT2D eigenvalue weighted by Gasteiger charge is 2.11.